The van der Waals surface area contributed by atoms with E-state index in [1.54, 1.807) is 23.7 Å². The largest absolute Gasteiger partial charge is 0.339 e. The molecule has 30 heavy (non-hydrogen) atoms. The van der Waals surface area contributed by atoms with Crippen LogP contribution in [-0.2, 0) is 7.05 Å². The van der Waals surface area contributed by atoms with Crippen LogP contribution < -0.4 is 5.32 Å². The van der Waals surface area contributed by atoms with Gasteiger partial charge in [-0.1, -0.05) is 31.1 Å². The lowest BCUT2D eigenvalue weighted by atomic mass is 10.1. The second-order valence-electron chi connectivity index (χ2n) is 6.06. The molecular formula is C21H21FN6O2. The Kier molecular flexibility index (Phi) is 6.31. The first-order valence-corrected chi connectivity index (χ1v) is 9.37. The van der Waals surface area contributed by atoms with Crippen molar-refractivity contribution < 1.29 is 13.7 Å². The monoisotopic (exact) mass is 408 g/mol. The summed E-state index contributed by atoms with van der Waals surface area (Å²) in [5, 5.41) is 10.9. The maximum absolute atomic E-state index is 13.7. The van der Waals surface area contributed by atoms with Gasteiger partial charge >= 0.3 is 0 Å². The predicted octanol–water partition coefficient (Wildman–Crippen LogP) is 4.26. The molecule has 0 aliphatic carbocycles. The van der Waals surface area contributed by atoms with Gasteiger partial charge in [0.2, 0.25) is 11.7 Å². The van der Waals surface area contributed by atoms with Gasteiger partial charge in [-0.15, -0.1) is 0 Å². The van der Waals surface area contributed by atoms with E-state index >= 15 is 0 Å². The number of hydrogen-bond acceptors (Lipinski definition) is 6. The number of rotatable bonds is 4. The van der Waals surface area contributed by atoms with Gasteiger partial charge in [0.1, 0.15) is 5.69 Å². The molecule has 3 heterocycles. The van der Waals surface area contributed by atoms with Crippen molar-refractivity contribution in [2.45, 2.75) is 20.8 Å². The minimum absolute atomic E-state index is 0.0641. The van der Waals surface area contributed by atoms with Crippen LogP contribution in [0.15, 0.2) is 53.3 Å². The van der Waals surface area contributed by atoms with Crippen LogP contribution in [0.1, 0.15) is 30.1 Å². The quantitative estimate of drug-likeness (QED) is 0.542. The third-order valence-electron chi connectivity index (χ3n) is 4.09. The maximum atomic E-state index is 13.7. The number of anilines is 1. The summed E-state index contributed by atoms with van der Waals surface area (Å²) in [6.45, 7) is 5.71. The van der Waals surface area contributed by atoms with Gasteiger partial charge in [0.15, 0.2) is 5.82 Å². The second-order valence-corrected chi connectivity index (χ2v) is 6.06. The lowest BCUT2D eigenvalue weighted by molar-refractivity contribution is 0.102. The van der Waals surface area contributed by atoms with Crippen molar-refractivity contribution in [1.82, 2.24) is 24.9 Å². The van der Waals surface area contributed by atoms with Gasteiger partial charge in [0.05, 0.1) is 17.5 Å². The molecule has 9 heteroatoms. The average Bonchev–Trinajstić information content (AvgIpc) is 3.36. The fourth-order valence-electron chi connectivity index (χ4n) is 2.73. The molecule has 0 saturated carbocycles. The number of hydrogen-bond donors (Lipinski definition) is 1. The molecule has 4 aromatic rings. The first kappa shape index (κ1) is 20.8. The predicted molar refractivity (Wildman–Crippen MR) is 110 cm³/mol. The highest BCUT2D eigenvalue weighted by Gasteiger charge is 2.15. The summed E-state index contributed by atoms with van der Waals surface area (Å²) < 4.78 is 20.4. The Bertz CT molecular complexity index is 1150. The highest BCUT2D eigenvalue weighted by molar-refractivity contribution is 6.04. The van der Waals surface area contributed by atoms with Crippen molar-refractivity contribution in [3.63, 3.8) is 0 Å². The summed E-state index contributed by atoms with van der Waals surface area (Å²) in [5.74, 6) is -0.325. The third kappa shape index (κ3) is 4.40. The number of pyridine rings is 1. The SMILES string of the molecule is CC.Cc1nc(-c2cc(-c3ccc(NC(=O)c4ccncc4F)cc3)n(C)n2)no1. The van der Waals surface area contributed by atoms with Crippen molar-refractivity contribution >= 4 is 11.6 Å². The number of benzene rings is 1. The highest BCUT2D eigenvalue weighted by Crippen LogP contribution is 2.25. The van der Waals surface area contributed by atoms with Gasteiger partial charge in [-0.2, -0.15) is 10.1 Å². The lowest BCUT2D eigenvalue weighted by Crippen LogP contribution is -2.13. The standard InChI is InChI=1S/C19H15FN6O2.C2H6/c1-11-22-18(25-28-11)16-9-17(26(2)24-16)12-3-5-13(6-4-12)23-19(27)14-7-8-21-10-15(14)20;1-2/h3-10H,1-2H3,(H,23,27);1-2H3. The highest BCUT2D eigenvalue weighted by atomic mass is 19.1. The van der Waals surface area contributed by atoms with Gasteiger partial charge in [-0.3, -0.25) is 14.5 Å². The van der Waals surface area contributed by atoms with E-state index in [4.69, 9.17) is 4.52 Å². The number of carbonyl (C=O) groups is 1. The molecule has 0 bridgehead atoms. The van der Waals surface area contributed by atoms with Crippen LogP contribution in [0.3, 0.4) is 0 Å². The zero-order valence-corrected chi connectivity index (χ0v) is 17.0. The van der Waals surface area contributed by atoms with Crippen molar-refractivity contribution in [2.24, 2.45) is 7.05 Å². The molecular weight excluding hydrogens is 387 g/mol. The molecule has 1 N–H and O–H groups in total. The van der Waals surface area contributed by atoms with Crippen LogP contribution in [-0.4, -0.2) is 30.8 Å². The molecule has 0 aliphatic heterocycles. The Morgan fingerprint density at radius 3 is 2.53 bits per heavy atom. The van der Waals surface area contributed by atoms with Crippen LogP contribution >= 0.6 is 0 Å². The number of carbonyl (C=O) groups excluding carboxylic acids is 1. The normalized spacial score (nSPS) is 10.3. The molecule has 4 rings (SSSR count). The summed E-state index contributed by atoms with van der Waals surface area (Å²) in [5.41, 5.74) is 2.80. The molecule has 154 valence electrons. The van der Waals surface area contributed by atoms with E-state index in [-0.39, 0.29) is 5.56 Å². The summed E-state index contributed by atoms with van der Waals surface area (Å²) in [7, 11) is 1.81. The van der Waals surface area contributed by atoms with E-state index in [1.807, 2.05) is 39.1 Å². The summed E-state index contributed by atoms with van der Waals surface area (Å²) >= 11 is 0. The Labute approximate surface area is 172 Å². The number of aromatic nitrogens is 5. The van der Waals surface area contributed by atoms with Crippen molar-refractivity contribution in [2.75, 3.05) is 5.32 Å². The number of nitrogens with zero attached hydrogens (tertiary/aromatic N) is 5. The summed E-state index contributed by atoms with van der Waals surface area (Å²) in [6, 6.07) is 10.3. The fraction of sp³-hybridized carbons (Fsp3) is 0.190. The molecule has 0 radical (unpaired) electrons. The van der Waals surface area contributed by atoms with Gasteiger partial charge in [0.25, 0.3) is 5.91 Å². The molecule has 0 fully saturated rings. The van der Waals surface area contributed by atoms with Crippen molar-refractivity contribution in [3.8, 4) is 22.8 Å². The van der Waals surface area contributed by atoms with E-state index in [0.29, 0.717) is 23.1 Å². The Hall–Kier alpha value is -3.88. The fourth-order valence-corrected chi connectivity index (χ4v) is 2.73. The van der Waals surface area contributed by atoms with Crippen LogP contribution in [0.25, 0.3) is 22.8 Å². The Morgan fingerprint density at radius 2 is 1.90 bits per heavy atom. The Balaban J connectivity index is 0.00000124. The average molecular weight is 408 g/mol. The molecule has 1 aromatic carbocycles. The van der Waals surface area contributed by atoms with E-state index < -0.39 is 11.7 Å². The van der Waals surface area contributed by atoms with Gasteiger partial charge in [-0.25, -0.2) is 4.39 Å². The smallest absolute Gasteiger partial charge is 0.258 e. The molecule has 8 nitrogen and oxygen atoms in total. The first-order chi connectivity index (χ1) is 14.5. The topological polar surface area (TPSA) is 98.7 Å². The van der Waals surface area contributed by atoms with Crippen LogP contribution in [0.4, 0.5) is 10.1 Å². The van der Waals surface area contributed by atoms with Crippen molar-refractivity contribution in [1.29, 1.82) is 0 Å². The minimum Gasteiger partial charge on any atom is -0.339 e. The third-order valence-corrected chi connectivity index (χ3v) is 4.09. The Morgan fingerprint density at radius 1 is 1.17 bits per heavy atom. The van der Waals surface area contributed by atoms with E-state index in [1.165, 1.54) is 12.3 Å². The van der Waals surface area contributed by atoms with E-state index in [9.17, 15) is 9.18 Å². The first-order valence-electron chi connectivity index (χ1n) is 9.37. The molecule has 0 saturated heterocycles. The van der Waals surface area contributed by atoms with Gasteiger partial charge in [0, 0.05) is 25.9 Å². The lowest BCUT2D eigenvalue weighted by Gasteiger charge is -2.07. The number of nitrogens with one attached hydrogen (secondary N) is 1. The number of aryl methyl sites for hydroxylation is 2. The number of amides is 1. The second kappa shape index (κ2) is 9.08. The minimum atomic E-state index is -0.671. The van der Waals surface area contributed by atoms with Crippen LogP contribution in [0.2, 0.25) is 0 Å². The summed E-state index contributed by atoms with van der Waals surface area (Å²) in [6.07, 6.45) is 2.37. The molecule has 1 amide bonds. The maximum Gasteiger partial charge on any atom is 0.258 e. The van der Waals surface area contributed by atoms with Gasteiger partial charge < -0.3 is 9.84 Å². The molecule has 0 unspecified atom stereocenters. The molecule has 3 aromatic heterocycles. The van der Waals surface area contributed by atoms with E-state index in [0.717, 1.165) is 17.5 Å². The molecule has 0 aliphatic rings. The zero-order valence-electron chi connectivity index (χ0n) is 17.0. The van der Waals surface area contributed by atoms with Crippen molar-refractivity contribution in [3.05, 3.63) is 66.1 Å². The van der Waals surface area contributed by atoms with E-state index in [2.05, 4.69) is 25.5 Å². The summed E-state index contributed by atoms with van der Waals surface area (Å²) in [4.78, 5) is 20.0. The zero-order chi connectivity index (χ0) is 21.7. The van der Waals surface area contributed by atoms with Gasteiger partial charge in [-0.05, 0) is 29.8 Å². The van der Waals surface area contributed by atoms with Crippen LogP contribution in [0, 0.1) is 12.7 Å². The molecule has 0 spiro atoms. The molecule has 0 atom stereocenters. The van der Waals surface area contributed by atoms with Crippen LogP contribution in [0.5, 0.6) is 0 Å². The number of halogens is 1.